The number of imide groups is 1. The predicted octanol–water partition coefficient (Wildman–Crippen LogP) is 2.75. The molecular formula is C27H28N2O7. The molecule has 1 N–H and O–H groups in total. The summed E-state index contributed by atoms with van der Waals surface area (Å²) in [5, 5.41) is 2.63. The SMILES string of the molecule is COc1ccc(NC(=O)COC(=O)[C@H](Cc2ccccc2)N2C(=O)[C@@H]3CC=CC[C@H]3C2=O)c(OC)c1. The van der Waals surface area contributed by atoms with Gasteiger partial charge in [-0.2, -0.15) is 0 Å². The fourth-order valence-corrected chi connectivity index (χ4v) is 4.57. The van der Waals surface area contributed by atoms with E-state index in [4.69, 9.17) is 14.2 Å². The van der Waals surface area contributed by atoms with Gasteiger partial charge in [0.05, 0.1) is 31.7 Å². The second kappa shape index (κ2) is 11.1. The lowest BCUT2D eigenvalue weighted by molar-refractivity contribution is -0.160. The quantitative estimate of drug-likeness (QED) is 0.326. The molecule has 3 amide bonds. The van der Waals surface area contributed by atoms with E-state index in [1.165, 1.54) is 14.2 Å². The molecule has 36 heavy (non-hydrogen) atoms. The fourth-order valence-electron chi connectivity index (χ4n) is 4.57. The number of amides is 3. The number of carbonyl (C=O) groups is 4. The Kier molecular flexibility index (Phi) is 7.68. The van der Waals surface area contributed by atoms with Crippen molar-refractivity contribution >= 4 is 29.4 Å². The number of likely N-dealkylation sites (tertiary alicyclic amines) is 1. The predicted molar refractivity (Wildman–Crippen MR) is 130 cm³/mol. The molecule has 1 aliphatic heterocycles. The van der Waals surface area contributed by atoms with Crippen molar-refractivity contribution in [2.75, 3.05) is 26.1 Å². The minimum atomic E-state index is -1.17. The van der Waals surface area contributed by atoms with Crippen molar-refractivity contribution in [1.82, 2.24) is 4.90 Å². The third-order valence-corrected chi connectivity index (χ3v) is 6.43. The highest BCUT2D eigenvalue weighted by atomic mass is 16.5. The Morgan fingerprint density at radius 1 is 0.972 bits per heavy atom. The van der Waals surface area contributed by atoms with Gasteiger partial charge in [0.1, 0.15) is 17.5 Å². The normalized spacial score (nSPS) is 19.4. The number of esters is 1. The smallest absolute Gasteiger partial charge is 0.330 e. The summed E-state index contributed by atoms with van der Waals surface area (Å²) >= 11 is 0. The molecule has 188 valence electrons. The first kappa shape index (κ1) is 25.0. The van der Waals surface area contributed by atoms with E-state index < -0.39 is 36.4 Å². The molecule has 9 nitrogen and oxygen atoms in total. The van der Waals surface area contributed by atoms with Crippen molar-refractivity contribution in [3.63, 3.8) is 0 Å². The van der Waals surface area contributed by atoms with Crippen molar-refractivity contribution < 1.29 is 33.4 Å². The van der Waals surface area contributed by atoms with E-state index in [2.05, 4.69) is 5.32 Å². The second-order valence-corrected chi connectivity index (χ2v) is 8.63. The molecule has 1 fully saturated rings. The number of benzene rings is 2. The summed E-state index contributed by atoms with van der Waals surface area (Å²) in [5.41, 5.74) is 1.14. The van der Waals surface area contributed by atoms with Crippen LogP contribution in [-0.2, 0) is 30.3 Å². The largest absolute Gasteiger partial charge is 0.497 e. The lowest BCUT2D eigenvalue weighted by atomic mass is 9.85. The van der Waals surface area contributed by atoms with Gasteiger partial charge in [-0.15, -0.1) is 0 Å². The maximum absolute atomic E-state index is 13.2. The maximum atomic E-state index is 13.2. The highest BCUT2D eigenvalue weighted by Crippen LogP contribution is 2.37. The molecule has 2 aromatic rings. The van der Waals surface area contributed by atoms with Gasteiger partial charge >= 0.3 is 5.97 Å². The van der Waals surface area contributed by atoms with E-state index >= 15 is 0 Å². The molecule has 0 radical (unpaired) electrons. The zero-order valence-electron chi connectivity index (χ0n) is 20.1. The van der Waals surface area contributed by atoms with Gasteiger partial charge in [-0.05, 0) is 30.5 Å². The van der Waals surface area contributed by atoms with E-state index in [0.717, 1.165) is 10.5 Å². The second-order valence-electron chi connectivity index (χ2n) is 8.63. The lowest BCUT2D eigenvalue weighted by Crippen LogP contribution is -2.48. The average Bonchev–Trinajstić information content (AvgIpc) is 3.16. The standard InChI is InChI=1S/C27H28N2O7/c1-34-18-12-13-21(23(15-18)35-2)28-24(30)16-36-27(33)22(14-17-8-4-3-5-9-17)29-25(31)19-10-6-7-11-20(19)26(29)32/h3-9,12-13,15,19-20,22H,10-11,14,16H2,1-2H3,(H,28,30)/t19-,20-,22+/m1/s1. The van der Waals surface area contributed by atoms with E-state index in [9.17, 15) is 19.2 Å². The van der Waals surface area contributed by atoms with Gasteiger partial charge in [-0.1, -0.05) is 42.5 Å². The van der Waals surface area contributed by atoms with Crippen LogP contribution in [0.4, 0.5) is 5.69 Å². The number of anilines is 1. The minimum absolute atomic E-state index is 0.0952. The third kappa shape index (κ3) is 5.25. The Morgan fingerprint density at radius 3 is 2.25 bits per heavy atom. The van der Waals surface area contributed by atoms with E-state index in [1.54, 1.807) is 18.2 Å². The number of methoxy groups -OCH3 is 2. The Morgan fingerprint density at radius 2 is 1.64 bits per heavy atom. The van der Waals surface area contributed by atoms with Crippen molar-refractivity contribution in [3.05, 3.63) is 66.2 Å². The molecule has 0 saturated carbocycles. The molecule has 1 saturated heterocycles. The van der Waals surface area contributed by atoms with Crippen LogP contribution in [0.1, 0.15) is 18.4 Å². The molecule has 2 aromatic carbocycles. The van der Waals surface area contributed by atoms with Gasteiger partial charge < -0.3 is 19.5 Å². The van der Waals surface area contributed by atoms with E-state index in [-0.39, 0.29) is 18.2 Å². The molecule has 9 heteroatoms. The number of hydrogen-bond acceptors (Lipinski definition) is 7. The first-order valence-electron chi connectivity index (χ1n) is 11.7. The summed E-state index contributed by atoms with van der Waals surface area (Å²) in [7, 11) is 2.97. The van der Waals surface area contributed by atoms with Crippen LogP contribution in [0.15, 0.2) is 60.7 Å². The van der Waals surface area contributed by atoms with Crippen LogP contribution in [0.3, 0.4) is 0 Å². The first-order chi connectivity index (χ1) is 17.4. The van der Waals surface area contributed by atoms with Crippen LogP contribution >= 0.6 is 0 Å². The number of rotatable bonds is 9. The third-order valence-electron chi connectivity index (χ3n) is 6.43. The first-order valence-corrected chi connectivity index (χ1v) is 11.7. The van der Waals surface area contributed by atoms with Crippen molar-refractivity contribution in [1.29, 1.82) is 0 Å². The molecule has 1 aliphatic carbocycles. The molecular weight excluding hydrogens is 464 g/mol. The highest BCUT2D eigenvalue weighted by Gasteiger charge is 2.51. The number of allylic oxidation sites excluding steroid dienone is 2. The molecule has 0 unspecified atom stereocenters. The monoisotopic (exact) mass is 492 g/mol. The van der Waals surface area contributed by atoms with Gasteiger partial charge in [-0.3, -0.25) is 19.3 Å². The number of carbonyl (C=O) groups excluding carboxylic acids is 4. The Labute approximate surface area is 209 Å². The van der Waals surface area contributed by atoms with Crippen LogP contribution in [0.5, 0.6) is 11.5 Å². The molecule has 0 spiro atoms. The van der Waals surface area contributed by atoms with E-state index in [0.29, 0.717) is 30.0 Å². The van der Waals surface area contributed by atoms with Crippen molar-refractivity contribution in [3.8, 4) is 11.5 Å². The fraction of sp³-hybridized carbons (Fsp3) is 0.333. The molecule has 3 atom stereocenters. The molecule has 0 aromatic heterocycles. The zero-order valence-corrected chi connectivity index (χ0v) is 20.1. The van der Waals surface area contributed by atoms with Gasteiger partial charge in [0, 0.05) is 12.5 Å². The highest BCUT2D eigenvalue weighted by molar-refractivity contribution is 6.08. The van der Waals surface area contributed by atoms with Gasteiger partial charge in [-0.25, -0.2) is 4.79 Å². The Bertz CT molecular complexity index is 1150. The van der Waals surface area contributed by atoms with Crippen LogP contribution in [0.2, 0.25) is 0 Å². The molecule has 0 bridgehead atoms. The minimum Gasteiger partial charge on any atom is -0.497 e. The van der Waals surface area contributed by atoms with E-state index in [1.807, 2.05) is 42.5 Å². The summed E-state index contributed by atoms with van der Waals surface area (Å²) < 4.78 is 15.7. The average molecular weight is 493 g/mol. The summed E-state index contributed by atoms with van der Waals surface area (Å²) in [4.78, 5) is 53.1. The molecule has 2 aliphatic rings. The van der Waals surface area contributed by atoms with Crippen LogP contribution < -0.4 is 14.8 Å². The van der Waals surface area contributed by atoms with Crippen molar-refractivity contribution in [2.24, 2.45) is 11.8 Å². The maximum Gasteiger partial charge on any atom is 0.330 e. The van der Waals surface area contributed by atoms with Crippen LogP contribution in [0.25, 0.3) is 0 Å². The summed E-state index contributed by atoms with van der Waals surface area (Å²) in [6, 6.07) is 12.8. The van der Waals surface area contributed by atoms with Gasteiger partial charge in [0.15, 0.2) is 6.61 Å². The summed E-state index contributed by atoms with van der Waals surface area (Å²) in [6.07, 6.45) is 4.80. The molecule has 4 rings (SSSR count). The summed E-state index contributed by atoms with van der Waals surface area (Å²) in [5.74, 6) is -2.18. The van der Waals surface area contributed by atoms with Crippen molar-refractivity contribution in [2.45, 2.75) is 25.3 Å². The number of hydrogen-bond donors (Lipinski definition) is 1. The number of nitrogens with zero attached hydrogens (tertiary/aromatic N) is 1. The van der Waals surface area contributed by atoms with Gasteiger partial charge in [0.2, 0.25) is 11.8 Å². The van der Waals surface area contributed by atoms with Crippen LogP contribution in [-0.4, -0.2) is 55.5 Å². The molecule has 1 heterocycles. The zero-order chi connectivity index (χ0) is 25.7. The lowest BCUT2D eigenvalue weighted by Gasteiger charge is -2.25. The Hall–Kier alpha value is -4.14. The number of fused-ring (bicyclic) bond motifs is 1. The Balaban J connectivity index is 1.48. The topological polar surface area (TPSA) is 111 Å². The number of nitrogens with one attached hydrogen (secondary N) is 1. The summed E-state index contributed by atoms with van der Waals surface area (Å²) in [6.45, 7) is -0.593. The van der Waals surface area contributed by atoms with Crippen LogP contribution in [0, 0.1) is 11.8 Å². The number of ether oxygens (including phenoxy) is 3. The van der Waals surface area contributed by atoms with Gasteiger partial charge in [0.25, 0.3) is 5.91 Å².